The fourth-order valence-electron chi connectivity index (χ4n) is 2.67. The second kappa shape index (κ2) is 6.86. The zero-order chi connectivity index (χ0) is 17.2. The number of halogens is 3. The highest BCUT2D eigenvalue weighted by molar-refractivity contribution is 5.27. The van der Waals surface area contributed by atoms with Crippen molar-refractivity contribution in [3.8, 4) is 0 Å². The van der Waals surface area contributed by atoms with Crippen LogP contribution >= 0.6 is 0 Å². The first-order valence-electron chi connectivity index (χ1n) is 7.75. The van der Waals surface area contributed by atoms with E-state index in [-0.39, 0.29) is 18.3 Å². The molecule has 0 saturated carbocycles. The molecule has 4 nitrogen and oxygen atoms in total. The Morgan fingerprint density at radius 1 is 1.21 bits per heavy atom. The van der Waals surface area contributed by atoms with Gasteiger partial charge in [0.15, 0.2) is 0 Å². The van der Waals surface area contributed by atoms with Crippen molar-refractivity contribution in [2.24, 2.45) is 0 Å². The summed E-state index contributed by atoms with van der Waals surface area (Å²) in [5, 5.41) is 3.26. The number of aryl methyl sites for hydroxylation is 1. The van der Waals surface area contributed by atoms with Gasteiger partial charge in [-0.25, -0.2) is 9.97 Å². The molecule has 0 spiro atoms. The first-order valence-corrected chi connectivity index (χ1v) is 7.75. The summed E-state index contributed by atoms with van der Waals surface area (Å²) in [5.74, 6) is 0.172. The van der Waals surface area contributed by atoms with Gasteiger partial charge in [0.2, 0.25) is 0 Å². The average molecular weight is 337 g/mol. The first-order chi connectivity index (χ1) is 11.4. The van der Waals surface area contributed by atoms with E-state index in [9.17, 15) is 13.2 Å². The molecule has 1 saturated heterocycles. The van der Waals surface area contributed by atoms with Crippen molar-refractivity contribution in [1.29, 1.82) is 0 Å². The fraction of sp³-hybridized carbons (Fsp3) is 0.412. The summed E-state index contributed by atoms with van der Waals surface area (Å²) in [4.78, 5) is 7.75. The summed E-state index contributed by atoms with van der Waals surface area (Å²) in [6, 6.07) is 8.60. The lowest BCUT2D eigenvalue weighted by Crippen LogP contribution is -2.33. The van der Waals surface area contributed by atoms with Crippen molar-refractivity contribution in [1.82, 2.24) is 15.3 Å². The van der Waals surface area contributed by atoms with E-state index in [4.69, 9.17) is 4.74 Å². The molecule has 0 aliphatic carbocycles. The Balaban J connectivity index is 1.75. The summed E-state index contributed by atoms with van der Waals surface area (Å²) < 4.78 is 44.2. The summed E-state index contributed by atoms with van der Waals surface area (Å²) in [7, 11) is 0. The molecule has 1 aromatic heterocycles. The molecule has 128 valence electrons. The number of hydrogen-bond acceptors (Lipinski definition) is 4. The molecule has 0 unspecified atom stereocenters. The number of rotatable bonds is 3. The molecule has 1 atom stereocenters. The van der Waals surface area contributed by atoms with Crippen molar-refractivity contribution in [3.05, 3.63) is 58.7 Å². The van der Waals surface area contributed by atoms with Crippen molar-refractivity contribution in [3.63, 3.8) is 0 Å². The lowest BCUT2D eigenvalue weighted by Gasteiger charge is -2.24. The number of nitrogens with zero attached hydrogens (tertiary/aromatic N) is 2. The Morgan fingerprint density at radius 2 is 1.96 bits per heavy atom. The lowest BCUT2D eigenvalue weighted by molar-refractivity contribution is -0.141. The first kappa shape index (κ1) is 16.9. The summed E-state index contributed by atoms with van der Waals surface area (Å²) in [6.07, 6.45) is -4.19. The van der Waals surface area contributed by atoms with Gasteiger partial charge >= 0.3 is 6.18 Å². The molecule has 2 heterocycles. The van der Waals surface area contributed by atoms with Gasteiger partial charge in [0.25, 0.3) is 0 Å². The number of benzene rings is 1. The number of nitrogens with one attached hydrogen (secondary N) is 1. The van der Waals surface area contributed by atoms with Gasteiger partial charge in [-0.3, -0.25) is 0 Å². The second-order valence-corrected chi connectivity index (χ2v) is 5.79. The minimum Gasteiger partial charge on any atom is -0.371 e. The third kappa shape index (κ3) is 4.10. The predicted molar refractivity (Wildman–Crippen MR) is 82.6 cm³/mol. The summed E-state index contributed by atoms with van der Waals surface area (Å²) in [5.41, 5.74) is 1.32. The third-order valence-corrected chi connectivity index (χ3v) is 3.83. The predicted octanol–water partition coefficient (Wildman–Crippen LogP) is 3.06. The number of hydrogen-bond donors (Lipinski definition) is 1. The molecule has 2 aromatic rings. The van der Waals surface area contributed by atoms with E-state index in [0.717, 1.165) is 30.3 Å². The van der Waals surface area contributed by atoms with Gasteiger partial charge in [0, 0.05) is 25.2 Å². The van der Waals surface area contributed by atoms with Crippen molar-refractivity contribution >= 4 is 0 Å². The molecule has 1 aromatic carbocycles. The molecule has 1 fully saturated rings. The van der Waals surface area contributed by atoms with Crippen LogP contribution in [0.2, 0.25) is 0 Å². The van der Waals surface area contributed by atoms with Gasteiger partial charge in [0.05, 0.1) is 12.7 Å². The minimum absolute atomic E-state index is 0.0138. The minimum atomic E-state index is -4.46. The van der Waals surface area contributed by atoms with Crippen LogP contribution in [-0.4, -0.2) is 29.7 Å². The number of aromatic nitrogens is 2. The molecule has 0 bridgehead atoms. The molecule has 1 aliphatic rings. The van der Waals surface area contributed by atoms with Gasteiger partial charge in [-0.1, -0.05) is 24.3 Å². The zero-order valence-corrected chi connectivity index (χ0v) is 13.2. The van der Waals surface area contributed by atoms with E-state index in [1.807, 2.05) is 24.3 Å². The molecule has 1 aliphatic heterocycles. The maximum absolute atomic E-state index is 12.8. The lowest BCUT2D eigenvalue weighted by atomic mass is 10.0. The molecule has 7 heteroatoms. The number of morpholine rings is 1. The Hall–Kier alpha value is -1.99. The van der Waals surface area contributed by atoms with Gasteiger partial charge < -0.3 is 10.1 Å². The van der Waals surface area contributed by atoms with Crippen LogP contribution in [0.5, 0.6) is 0 Å². The highest BCUT2D eigenvalue weighted by Gasteiger charge is 2.33. The smallest absolute Gasteiger partial charge is 0.371 e. The largest absolute Gasteiger partial charge is 0.433 e. The topological polar surface area (TPSA) is 47.0 Å². The van der Waals surface area contributed by atoms with E-state index >= 15 is 0 Å². The Labute approximate surface area is 138 Å². The van der Waals surface area contributed by atoms with Crippen molar-refractivity contribution in [2.45, 2.75) is 25.6 Å². The third-order valence-electron chi connectivity index (χ3n) is 3.83. The number of alkyl halides is 3. The molecule has 3 rings (SSSR count). The van der Waals surface area contributed by atoms with Crippen LogP contribution in [0.1, 0.15) is 34.4 Å². The summed E-state index contributed by atoms with van der Waals surface area (Å²) in [6.45, 7) is 3.82. The van der Waals surface area contributed by atoms with Crippen LogP contribution in [0.15, 0.2) is 30.3 Å². The van der Waals surface area contributed by atoms with Crippen LogP contribution in [0, 0.1) is 6.92 Å². The van der Waals surface area contributed by atoms with Crippen LogP contribution in [0.25, 0.3) is 0 Å². The molecular formula is C17H18F3N3O. The Bertz CT molecular complexity index is 695. The fourth-order valence-corrected chi connectivity index (χ4v) is 2.67. The molecule has 1 N–H and O–H groups in total. The Morgan fingerprint density at radius 3 is 2.58 bits per heavy atom. The highest BCUT2D eigenvalue weighted by Crippen LogP contribution is 2.28. The summed E-state index contributed by atoms with van der Waals surface area (Å²) >= 11 is 0. The quantitative estimate of drug-likeness (QED) is 0.935. The van der Waals surface area contributed by atoms with Crippen LogP contribution in [-0.2, 0) is 17.3 Å². The molecule has 24 heavy (non-hydrogen) atoms. The van der Waals surface area contributed by atoms with E-state index in [1.54, 1.807) is 0 Å². The molecular weight excluding hydrogens is 319 g/mol. The normalized spacial score (nSPS) is 18.6. The highest BCUT2D eigenvalue weighted by atomic mass is 19.4. The van der Waals surface area contributed by atoms with Gasteiger partial charge in [-0.15, -0.1) is 0 Å². The van der Waals surface area contributed by atoms with Gasteiger partial charge in [-0.2, -0.15) is 13.2 Å². The van der Waals surface area contributed by atoms with E-state index < -0.39 is 11.9 Å². The number of ether oxygens (including phenoxy) is 1. The second-order valence-electron chi connectivity index (χ2n) is 5.79. The monoisotopic (exact) mass is 337 g/mol. The maximum atomic E-state index is 12.8. The Kier molecular flexibility index (Phi) is 4.82. The SMILES string of the molecule is Cc1cc(C(F)(F)F)nc(Cc2ccc([C@@H]3CNCCO3)cc2)n1. The van der Waals surface area contributed by atoms with Crippen LogP contribution in [0.3, 0.4) is 0 Å². The molecule has 0 radical (unpaired) electrons. The van der Waals surface area contributed by atoms with Crippen LogP contribution in [0.4, 0.5) is 13.2 Å². The van der Waals surface area contributed by atoms with E-state index in [1.165, 1.54) is 6.92 Å². The van der Waals surface area contributed by atoms with Crippen LogP contribution < -0.4 is 5.32 Å². The van der Waals surface area contributed by atoms with Crippen molar-refractivity contribution in [2.75, 3.05) is 19.7 Å². The average Bonchev–Trinajstić information content (AvgIpc) is 2.55. The standard InChI is InChI=1S/C17H18F3N3O/c1-11-8-15(17(18,19)20)23-16(22-11)9-12-2-4-13(5-3-12)14-10-21-6-7-24-14/h2-5,8,14,21H,6-7,9-10H2,1H3/t14-/m0/s1. The zero-order valence-electron chi connectivity index (χ0n) is 13.2. The molecule has 0 amide bonds. The van der Waals surface area contributed by atoms with E-state index in [0.29, 0.717) is 12.3 Å². The van der Waals surface area contributed by atoms with Gasteiger partial charge in [0.1, 0.15) is 11.5 Å². The van der Waals surface area contributed by atoms with Crippen molar-refractivity contribution < 1.29 is 17.9 Å². The maximum Gasteiger partial charge on any atom is 0.433 e. The van der Waals surface area contributed by atoms with Gasteiger partial charge in [-0.05, 0) is 24.1 Å². The van der Waals surface area contributed by atoms with E-state index in [2.05, 4.69) is 15.3 Å².